The average molecular weight is 1870 g/mol. The van der Waals surface area contributed by atoms with Gasteiger partial charge in [-0.1, -0.05) is 76.2 Å². The van der Waals surface area contributed by atoms with E-state index >= 15 is 0 Å². The number of carbonyl (C=O) groups is 11. The van der Waals surface area contributed by atoms with Crippen molar-refractivity contribution < 1.29 is 62.2 Å². The smallest absolute Gasteiger partial charge is 0.338 e. The molecule has 0 aliphatic carbocycles. The van der Waals surface area contributed by atoms with Gasteiger partial charge in [-0.2, -0.15) is 0 Å². The standard InChI is InChI=1S/C34H27N3O5.C26H20N4O4.C26H19N3O5.C25H19N3O3/c1-16(2)19(5)42-34(41)20-14-17(3)29(18(4)15-20)37-32(39)23-11-10-21-27-22(12-13-24(28(23)27)33(37)40)31(38)36-26-9-7-6-8-25(26)35-30(21)36;1-12(2)27-23(31)13(3)29-24(32)16-9-8-14-20-15(10-11-17(21(16)20)25(29)33)26(34)30-19-7-5-4-6-18(19)28-22(14)30;1-12(2)34-26(33)13(3)28-23(30)16-9-8-14-20-15(10-11-17(21(16)20)24(28)31)25(32)29-19-7-5-4-6-18(19)27-22(14)29;1-12(2)13(3)27-23(29)16-9-8-14-20-15(10-11-17(21(16)20)24(27)30)25(31)28-19-7-5-4-6-18(19)26-22(14)28/h6-16,19H,1-5H3;4-13H,1-3H3,(H,27,31);4-13H,1-3H3;4-13H,1-3H3. The summed E-state index contributed by atoms with van der Waals surface area (Å²) in [6.45, 7) is 25.2. The second-order valence-corrected chi connectivity index (χ2v) is 37.7. The van der Waals surface area contributed by atoms with E-state index in [9.17, 15) is 71.9 Å². The van der Waals surface area contributed by atoms with Crippen molar-refractivity contribution in [1.82, 2.24) is 57.6 Å². The second-order valence-electron chi connectivity index (χ2n) is 37.7. The van der Waals surface area contributed by atoms with Gasteiger partial charge in [-0.25, -0.2) is 34.4 Å². The number of imidazole rings is 4. The fraction of sp³-hybridized carbons (Fsp3) is 0.198. The molecule has 30 heteroatoms. The summed E-state index contributed by atoms with van der Waals surface area (Å²) in [7, 11) is 0. The van der Waals surface area contributed by atoms with Gasteiger partial charge in [0, 0.05) is 143 Å². The van der Waals surface area contributed by atoms with Crippen LogP contribution < -0.4 is 32.5 Å². The Balaban J connectivity index is 0.000000109. The first-order valence-electron chi connectivity index (χ1n) is 46.4. The highest BCUT2D eigenvalue weighted by Gasteiger charge is 2.45. The third-order valence-electron chi connectivity index (χ3n) is 28.0. The first kappa shape index (κ1) is 88.7. The van der Waals surface area contributed by atoms with Gasteiger partial charge in [0.05, 0.1) is 61.5 Å². The van der Waals surface area contributed by atoms with Crippen LogP contribution in [0.4, 0.5) is 5.69 Å². The molecule has 0 bridgehead atoms. The zero-order valence-corrected chi connectivity index (χ0v) is 78.6. The van der Waals surface area contributed by atoms with Crippen LogP contribution in [0.5, 0.6) is 0 Å². The second kappa shape index (κ2) is 32.3. The molecule has 12 heterocycles. The summed E-state index contributed by atoms with van der Waals surface area (Å²) >= 11 is 0. The number of para-hydroxylation sites is 8. The molecule has 0 radical (unpaired) electrons. The lowest BCUT2D eigenvalue weighted by Crippen LogP contribution is -2.53. The number of aromatic nitrogens is 8. The molecule has 1 N–H and O–H groups in total. The van der Waals surface area contributed by atoms with Crippen LogP contribution in [0.3, 0.4) is 0 Å². The van der Waals surface area contributed by atoms with E-state index in [1.165, 1.54) is 23.6 Å². The number of carbonyl (C=O) groups excluding carboxylic acids is 11. The molecule has 4 atom stereocenters. The molecule has 0 saturated carbocycles. The minimum Gasteiger partial charge on any atom is -0.461 e. The van der Waals surface area contributed by atoms with Crippen molar-refractivity contribution in [3.05, 3.63) is 309 Å². The van der Waals surface area contributed by atoms with Crippen LogP contribution in [0.2, 0.25) is 0 Å². The Labute approximate surface area is 797 Å². The van der Waals surface area contributed by atoms with Crippen LogP contribution in [0.15, 0.2) is 225 Å². The molecule has 4 aliphatic heterocycles. The van der Waals surface area contributed by atoms with Crippen molar-refractivity contribution in [3.8, 4) is 0 Å². The van der Waals surface area contributed by atoms with Crippen molar-refractivity contribution >= 4 is 224 Å². The molecule has 0 spiro atoms. The molecule has 4 unspecified atom stereocenters. The topological polar surface area (TPSA) is 369 Å². The zero-order valence-electron chi connectivity index (χ0n) is 78.6. The van der Waals surface area contributed by atoms with E-state index in [0.29, 0.717) is 181 Å². The molecule has 25 rings (SSSR count). The first-order valence-corrected chi connectivity index (χ1v) is 46.4. The first-order chi connectivity index (χ1) is 67.6. The zero-order chi connectivity index (χ0) is 99.0. The van der Waals surface area contributed by atoms with Crippen molar-refractivity contribution in [2.75, 3.05) is 4.90 Å². The maximum absolute atomic E-state index is 14.1. The van der Waals surface area contributed by atoms with Crippen molar-refractivity contribution in [2.45, 2.75) is 133 Å². The van der Waals surface area contributed by atoms with Gasteiger partial charge in [0.25, 0.3) is 69.5 Å². The number of fused-ring (bicyclic) bond motifs is 16. The molecule has 8 aromatic heterocycles. The van der Waals surface area contributed by atoms with Gasteiger partial charge in [0.2, 0.25) is 5.91 Å². The van der Waals surface area contributed by atoms with E-state index in [-0.39, 0.29) is 92.4 Å². The molecule has 30 nitrogen and oxygen atoms in total. The summed E-state index contributed by atoms with van der Waals surface area (Å²) in [4.78, 5) is 224. The third kappa shape index (κ3) is 12.9. The number of amides is 9. The van der Waals surface area contributed by atoms with Gasteiger partial charge < -0.3 is 14.8 Å². The van der Waals surface area contributed by atoms with E-state index < -0.39 is 65.4 Å². The number of anilines is 1. The van der Waals surface area contributed by atoms with E-state index in [2.05, 4.69) is 15.3 Å². The Kier molecular flexibility index (Phi) is 20.3. The number of ether oxygens (including phenoxy) is 2. The van der Waals surface area contributed by atoms with Gasteiger partial charge in [-0.3, -0.25) is 94.6 Å². The van der Waals surface area contributed by atoms with Crippen molar-refractivity contribution in [2.24, 2.45) is 11.8 Å². The number of nitrogens with one attached hydrogen (secondary N) is 1. The summed E-state index contributed by atoms with van der Waals surface area (Å²) < 4.78 is 17.2. The molecule has 141 heavy (non-hydrogen) atoms. The summed E-state index contributed by atoms with van der Waals surface area (Å²) in [6.07, 6.45) is -0.640. The Hall–Kier alpha value is -17.6. The molecule has 696 valence electrons. The lowest BCUT2D eigenvalue weighted by atomic mass is 9.88. The third-order valence-corrected chi connectivity index (χ3v) is 28.0. The van der Waals surface area contributed by atoms with Crippen LogP contribution in [0, 0.1) is 25.7 Å². The predicted octanol–water partition coefficient (Wildman–Crippen LogP) is 17.1. The molecule has 0 saturated heterocycles. The molecular formula is C111H85N13O17. The van der Waals surface area contributed by atoms with Crippen molar-refractivity contribution in [1.29, 1.82) is 0 Å². The SMILES string of the molecule is CC(C)C(C)N1C(=O)c2ccc3c(=O)n4c5ccccc5nc4c4ccc(c2c34)C1=O.CC(C)NC(=O)C(C)N1C(=O)c2ccc3c(=O)n4c5ccccc5nc4c4ccc(c2c34)C1=O.CC(C)OC(=O)C(C)N1C(=O)c2ccc3c(=O)n4c5ccccc5nc4c4ccc(c2c34)C1=O.Cc1cc(C(=O)OC(C)C(C)C)cc(C)c1N1C(=O)c2ccc3c(=O)n4c5ccccc5nc4c4ccc(c2c34)C1=O. The summed E-state index contributed by atoms with van der Waals surface area (Å²) in [5, 5.41) is 11.4. The molecule has 9 amide bonds. The van der Waals surface area contributed by atoms with Crippen LogP contribution in [0.1, 0.15) is 187 Å². The molecule has 21 aromatic rings. The number of hydrogen-bond donors (Lipinski definition) is 1. The van der Waals surface area contributed by atoms with E-state index in [0.717, 1.165) is 26.2 Å². The number of imide groups is 4. The molecular weight excluding hydrogens is 1790 g/mol. The number of rotatable bonds is 12. The Bertz CT molecular complexity index is 9210. The van der Waals surface area contributed by atoms with E-state index in [1.54, 1.807) is 148 Å². The maximum atomic E-state index is 14.1. The van der Waals surface area contributed by atoms with Crippen molar-refractivity contribution in [3.63, 3.8) is 0 Å². The van der Waals surface area contributed by atoms with Gasteiger partial charge in [0.1, 0.15) is 40.8 Å². The van der Waals surface area contributed by atoms with Crippen LogP contribution in [0.25, 0.3) is 153 Å². The molecule has 4 aliphatic rings. The fourth-order valence-electron chi connectivity index (χ4n) is 20.7. The normalized spacial score (nSPS) is 14.7. The minimum atomic E-state index is -1.09. The number of pyridine rings is 4. The quantitative estimate of drug-likeness (QED) is 0.0876. The molecule has 13 aromatic carbocycles. The van der Waals surface area contributed by atoms with E-state index in [4.69, 9.17) is 19.4 Å². The Morgan fingerprint density at radius 2 is 0.582 bits per heavy atom. The fourth-order valence-corrected chi connectivity index (χ4v) is 20.7. The number of aryl methyl sites for hydroxylation is 2. The maximum Gasteiger partial charge on any atom is 0.338 e. The Morgan fingerprint density at radius 1 is 0.305 bits per heavy atom. The number of benzene rings is 13. The van der Waals surface area contributed by atoms with Crippen LogP contribution >= 0.6 is 0 Å². The minimum absolute atomic E-state index is 0.129. The lowest BCUT2D eigenvalue weighted by Gasteiger charge is -2.34. The molecule has 0 fully saturated rings. The van der Waals surface area contributed by atoms with Gasteiger partial charge >= 0.3 is 11.9 Å². The number of esters is 2. The van der Waals surface area contributed by atoms with Gasteiger partial charge in [-0.05, 0) is 250 Å². The predicted molar refractivity (Wildman–Crippen MR) is 537 cm³/mol. The lowest BCUT2D eigenvalue weighted by molar-refractivity contribution is -0.151. The van der Waals surface area contributed by atoms with Gasteiger partial charge in [0.15, 0.2) is 0 Å². The Morgan fingerprint density at radius 3 is 0.865 bits per heavy atom. The highest BCUT2D eigenvalue weighted by atomic mass is 16.5. The highest BCUT2D eigenvalue weighted by molar-refractivity contribution is 6.40. The highest BCUT2D eigenvalue weighted by Crippen LogP contribution is 2.46. The monoisotopic (exact) mass is 1870 g/mol. The largest absolute Gasteiger partial charge is 0.461 e. The van der Waals surface area contributed by atoms with Crippen LogP contribution in [-0.2, 0) is 19.1 Å². The summed E-state index contributed by atoms with van der Waals surface area (Å²) in [6, 6.07) is 57.5. The van der Waals surface area contributed by atoms with E-state index in [1.807, 2.05) is 159 Å². The average Bonchev–Trinajstić information content (AvgIpc) is 1.67. The number of nitrogens with zero attached hydrogens (tertiary/aromatic N) is 12. The summed E-state index contributed by atoms with van der Waals surface area (Å²) in [5.74, 6) is -5.13. The van der Waals surface area contributed by atoms with Crippen LogP contribution in [-0.4, -0.2) is 154 Å². The number of hydrogen-bond acceptors (Lipinski definition) is 21. The van der Waals surface area contributed by atoms with Gasteiger partial charge in [-0.15, -0.1) is 0 Å². The summed E-state index contributed by atoms with van der Waals surface area (Å²) in [5.41, 5.74) is 11.3.